The second kappa shape index (κ2) is 7.60. The summed E-state index contributed by atoms with van der Waals surface area (Å²) in [6.45, 7) is 0.528. The Balaban J connectivity index is 1.56. The van der Waals surface area contributed by atoms with Gasteiger partial charge < -0.3 is 10.4 Å². The number of carbonyl (C=O) groups is 1. The molecule has 122 valence electrons. The van der Waals surface area contributed by atoms with Crippen molar-refractivity contribution in [2.75, 3.05) is 6.54 Å². The summed E-state index contributed by atoms with van der Waals surface area (Å²) in [5.74, 6) is 0.341. The van der Waals surface area contributed by atoms with Crippen molar-refractivity contribution in [3.63, 3.8) is 0 Å². The van der Waals surface area contributed by atoms with Gasteiger partial charge >= 0.3 is 0 Å². The molecule has 1 saturated carbocycles. The number of aliphatic hydroxyl groups excluding tert-OH is 1. The maximum atomic E-state index is 12.1. The van der Waals surface area contributed by atoms with Crippen molar-refractivity contribution < 1.29 is 9.90 Å². The lowest BCUT2D eigenvalue weighted by molar-refractivity contribution is -0.126. The van der Waals surface area contributed by atoms with Gasteiger partial charge in [-0.25, -0.2) is 0 Å². The first-order chi connectivity index (χ1) is 11.3. The lowest BCUT2D eigenvalue weighted by Gasteiger charge is -2.21. The molecule has 2 aromatic carbocycles. The van der Waals surface area contributed by atoms with Crippen LogP contribution in [-0.4, -0.2) is 17.6 Å². The Morgan fingerprint density at radius 3 is 2.65 bits per heavy atom. The van der Waals surface area contributed by atoms with Gasteiger partial charge in [0.1, 0.15) is 0 Å². The number of aliphatic hydroxyl groups is 1. The number of benzene rings is 2. The summed E-state index contributed by atoms with van der Waals surface area (Å²) in [5, 5.41) is 15.7. The predicted octanol–water partition coefficient (Wildman–Crippen LogP) is 3.96. The molecule has 0 heterocycles. The van der Waals surface area contributed by atoms with E-state index < -0.39 is 6.10 Å². The van der Waals surface area contributed by atoms with E-state index in [0.29, 0.717) is 13.0 Å². The van der Waals surface area contributed by atoms with Gasteiger partial charge in [0.2, 0.25) is 5.91 Å². The van der Waals surface area contributed by atoms with Crippen molar-refractivity contribution >= 4 is 16.7 Å². The van der Waals surface area contributed by atoms with Crippen LogP contribution in [0.1, 0.15) is 50.2 Å². The summed E-state index contributed by atoms with van der Waals surface area (Å²) in [7, 11) is 0. The lowest BCUT2D eigenvalue weighted by Crippen LogP contribution is -2.33. The maximum Gasteiger partial charge on any atom is 0.223 e. The second-order valence-corrected chi connectivity index (χ2v) is 6.50. The molecule has 0 spiro atoms. The van der Waals surface area contributed by atoms with E-state index in [1.54, 1.807) is 0 Å². The van der Waals surface area contributed by atoms with Crippen molar-refractivity contribution in [2.45, 2.75) is 44.6 Å². The third-order valence-corrected chi connectivity index (χ3v) is 4.88. The summed E-state index contributed by atoms with van der Waals surface area (Å²) >= 11 is 0. The van der Waals surface area contributed by atoms with Crippen LogP contribution in [0.15, 0.2) is 42.5 Å². The quantitative estimate of drug-likeness (QED) is 0.878. The average molecular weight is 311 g/mol. The first-order valence-corrected chi connectivity index (χ1v) is 8.69. The Morgan fingerprint density at radius 2 is 1.83 bits per heavy atom. The van der Waals surface area contributed by atoms with Crippen molar-refractivity contribution in [3.05, 3.63) is 48.0 Å². The number of hydrogen-bond acceptors (Lipinski definition) is 2. The Kier molecular flexibility index (Phi) is 5.29. The summed E-state index contributed by atoms with van der Waals surface area (Å²) in [4.78, 5) is 12.1. The molecule has 0 bridgehead atoms. The number of amides is 1. The number of fused-ring (bicyclic) bond motifs is 1. The topological polar surface area (TPSA) is 49.3 Å². The molecule has 1 amide bonds. The molecule has 0 aliphatic heterocycles. The predicted molar refractivity (Wildman–Crippen MR) is 93.1 cm³/mol. The molecule has 1 atom stereocenters. The normalized spacial score (nSPS) is 17.1. The first kappa shape index (κ1) is 16.0. The van der Waals surface area contributed by atoms with Crippen molar-refractivity contribution in [1.29, 1.82) is 0 Å². The minimum absolute atomic E-state index is 0.162. The van der Waals surface area contributed by atoms with E-state index in [1.807, 2.05) is 30.3 Å². The van der Waals surface area contributed by atoms with Crippen LogP contribution < -0.4 is 5.32 Å². The SMILES string of the molecule is O=C(NCCC(O)c1cccc2ccccc12)C1CCCCC1. The highest BCUT2D eigenvalue weighted by atomic mass is 16.3. The summed E-state index contributed by atoms with van der Waals surface area (Å²) in [5.41, 5.74) is 0.940. The van der Waals surface area contributed by atoms with E-state index in [0.717, 1.165) is 42.0 Å². The fourth-order valence-corrected chi connectivity index (χ4v) is 3.54. The Hall–Kier alpha value is -1.87. The van der Waals surface area contributed by atoms with E-state index in [1.165, 1.54) is 6.42 Å². The summed E-state index contributed by atoms with van der Waals surface area (Å²) in [6.07, 6.45) is 5.60. The van der Waals surface area contributed by atoms with Crippen molar-refractivity contribution in [3.8, 4) is 0 Å². The van der Waals surface area contributed by atoms with Crippen LogP contribution in [0.2, 0.25) is 0 Å². The third kappa shape index (κ3) is 3.91. The standard InChI is InChI=1S/C20H25NO2/c22-19(13-14-21-20(23)16-8-2-1-3-9-16)18-12-6-10-15-7-4-5-11-17(15)18/h4-7,10-12,16,19,22H,1-3,8-9,13-14H2,(H,21,23). The van der Waals surface area contributed by atoms with Crippen LogP contribution >= 0.6 is 0 Å². The van der Waals surface area contributed by atoms with Gasteiger partial charge in [-0.1, -0.05) is 61.7 Å². The van der Waals surface area contributed by atoms with Gasteiger partial charge in [-0.2, -0.15) is 0 Å². The molecule has 3 heteroatoms. The Bertz CT molecular complexity index is 656. The minimum atomic E-state index is -0.548. The van der Waals surface area contributed by atoms with E-state index in [4.69, 9.17) is 0 Å². The number of hydrogen-bond donors (Lipinski definition) is 2. The molecular weight excluding hydrogens is 286 g/mol. The fourth-order valence-electron chi connectivity index (χ4n) is 3.54. The molecule has 23 heavy (non-hydrogen) atoms. The average Bonchev–Trinajstić information content (AvgIpc) is 2.61. The van der Waals surface area contributed by atoms with Crippen LogP contribution in [0, 0.1) is 5.92 Å². The molecule has 0 radical (unpaired) electrons. The molecule has 1 aliphatic carbocycles. The first-order valence-electron chi connectivity index (χ1n) is 8.69. The zero-order valence-electron chi connectivity index (χ0n) is 13.5. The molecular formula is C20H25NO2. The van der Waals surface area contributed by atoms with Crippen LogP contribution in [0.4, 0.5) is 0 Å². The molecule has 3 nitrogen and oxygen atoms in total. The van der Waals surface area contributed by atoms with Crippen LogP contribution in [0.25, 0.3) is 10.8 Å². The lowest BCUT2D eigenvalue weighted by atomic mass is 9.88. The zero-order chi connectivity index (χ0) is 16.1. The molecule has 1 unspecified atom stereocenters. The minimum Gasteiger partial charge on any atom is -0.388 e. The molecule has 0 aromatic heterocycles. The van der Waals surface area contributed by atoms with Gasteiger partial charge in [-0.05, 0) is 35.6 Å². The molecule has 1 fully saturated rings. The largest absolute Gasteiger partial charge is 0.388 e. The van der Waals surface area contributed by atoms with E-state index >= 15 is 0 Å². The van der Waals surface area contributed by atoms with Gasteiger partial charge in [0.15, 0.2) is 0 Å². The number of rotatable bonds is 5. The highest BCUT2D eigenvalue weighted by molar-refractivity contribution is 5.86. The molecule has 2 aromatic rings. The maximum absolute atomic E-state index is 12.1. The van der Waals surface area contributed by atoms with E-state index in [2.05, 4.69) is 17.4 Å². The Morgan fingerprint density at radius 1 is 1.09 bits per heavy atom. The van der Waals surface area contributed by atoms with Gasteiger partial charge in [0.05, 0.1) is 6.10 Å². The van der Waals surface area contributed by atoms with Gasteiger partial charge in [0.25, 0.3) is 0 Å². The van der Waals surface area contributed by atoms with Crippen molar-refractivity contribution in [2.24, 2.45) is 5.92 Å². The van der Waals surface area contributed by atoms with Crippen LogP contribution in [-0.2, 0) is 4.79 Å². The summed E-state index contributed by atoms with van der Waals surface area (Å²) in [6, 6.07) is 14.1. The fraction of sp³-hybridized carbons (Fsp3) is 0.450. The van der Waals surface area contributed by atoms with Crippen LogP contribution in [0.3, 0.4) is 0 Å². The highest BCUT2D eigenvalue weighted by Gasteiger charge is 2.21. The van der Waals surface area contributed by atoms with Gasteiger partial charge in [0, 0.05) is 12.5 Å². The molecule has 0 saturated heterocycles. The van der Waals surface area contributed by atoms with Crippen molar-refractivity contribution in [1.82, 2.24) is 5.32 Å². The molecule has 2 N–H and O–H groups in total. The highest BCUT2D eigenvalue weighted by Crippen LogP contribution is 2.26. The molecule has 3 rings (SSSR count). The van der Waals surface area contributed by atoms with E-state index in [9.17, 15) is 9.90 Å². The summed E-state index contributed by atoms with van der Waals surface area (Å²) < 4.78 is 0. The zero-order valence-corrected chi connectivity index (χ0v) is 13.5. The number of nitrogens with one attached hydrogen (secondary N) is 1. The number of carbonyl (C=O) groups excluding carboxylic acids is 1. The van der Waals surface area contributed by atoms with Gasteiger partial charge in [-0.15, -0.1) is 0 Å². The second-order valence-electron chi connectivity index (χ2n) is 6.50. The third-order valence-electron chi connectivity index (χ3n) is 4.88. The van der Waals surface area contributed by atoms with Gasteiger partial charge in [-0.3, -0.25) is 4.79 Å². The Labute approximate surface area is 137 Å². The van der Waals surface area contributed by atoms with E-state index in [-0.39, 0.29) is 11.8 Å². The monoisotopic (exact) mass is 311 g/mol. The molecule has 1 aliphatic rings. The van der Waals surface area contributed by atoms with Crippen LogP contribution in [0.5, 0.6) is 0 Å². The smallest absolute Gasteiger partial charge is 0.223 e.